The topological polar surface area (TPSA) is 78.8 Å². The number of hydrogen-bond acceptors (Lipinski definition) is 4. The summed E-state index contributed by atoms with van der Waals surface area (Å²) in [5.74, 6) is 0.264. The second-order valence-corrected chi connectivity index (χ2v) is 4.87. The molecule has 6 heteroatoms. The van der Waals surface area contributed by atoms with Crippen molar-refractivity contribution in [2.24, 2.45) is 0 Å². The molecule has 1 atom stereocenters. The molecule has 19 heavy (non-hydrogen) atoms. The Morgan fingerprint density at radius 1 is 1.47 bits per heavy atom. The first-order valence-corrected chi connectivity index (χ1v) is 6.30. The van der Waals surface area contributed by atoms with Crippen LogP contribution in [0.2, 0.25) is 5.02 Å². The Morgan fingerprint density at radius 2 is 2.16 bits per heavy atom. The molecule has 1 unspecified atom stereocenters. The summed E-state index contributed by atoms with van der Waals surface area (Å²) in [7, 11) is 0. The van der Waals surface area contributed by atoms with E-state index >= 15 is 0 Å². The van der Waals surface area contributed by atoms with E-state index in [-0.39, 0.29) is 25.5 Å². The Balaban J connectivity index is 2.26. The first kappa shape index (κ1) is 15.8. The van der Waals surface area contributed by atoms with E-state index in [1.54, 1.807) is 24.3 Å². The third-order valence-electron chi connectivity index (χ3n) is 2.43. The van der Waals surface area contributed by atoms with Crippen molar-refractivity contribution in [3.8, 4) is 5.75 Å². The van der Waals surface area contributed by atoms with Crippen LogP contribution in [0, 0.1) is 0 Å². The maximum Gasteiger partial charge on any atom is 0.223 e. The highest BCUT2D eigenvalue weighted by Gasteiger charge is 2.19. The molecule has 0 saturated carbocycles. The summed E-state index contributed by atoms with van der Waals surface area (Å²) in [5, 5.41) is 21.3. The number of ether oxygens (including phenoxy) is 1. The van der Waals surface area contributed by atoms with Gasteiger partial charge in [-0.15, -0.1) is 0 Å². The van der Waals surface area contributed by atoms with Gasteiger partial charge in [-0.05, 0) is 19.1 Å². The van der Waals surface area contributed by atoms with E-state index in [4.69, 9.17) is 21.4 Å². The normalized spacial score (nSPS) is 13.7. The van der Waals surface area contributed by atoms with Gasteiger partial charge in [-0.25, -0.2) is 0 Å². The average Bonchev–Trinajstić information content (AvgIpc) is 2.39. The number of nitrogens with one attached hydrogen (secondary N) is 1. The van der Waals surface area contributed by atoms with Gasteiger partial charge in [-0.2, -0.15) is 0 Å². The molecule has 0 radical (unpaired) electrons. The minimum Gasteiger partial charge on any atom is -0.491 e. The molecule has 1 rings (SSSR count). The first-order chi connectivity index (χ1) is 8.94. The summed E-state index contributed by atoms with van der Waals surface area (Å²) in [5.41, 5.74) is -1.31. The van der Waals surface area contributed by atoms with Crippen molar-refractivity contribution in [1.82, 2.24) is 5.32 Å². The van der Waals surface area contributed by atoms with E-state index < -0.39 is 12.2 Å². The second kappa shape index (κ2) is 7.33. The SMILES string of the molecule is CC(O)(CO)CNC(=O)CCOc1ccccc1Cl. The number of aliphatic hydroxyl groups is 2. The fourth-order valence-electron chi connectivity index (χ4n) is 1.25. The molecule has 0 aromatic heterocycles. The van der Waals surface area contributed by atoms with Gasteiger partial charge in [0.25, 0.3) is 0 Å². The molecule has 1 amide bonds. The number of para-hydroxylation sites is 1. The Labute approximate surface area is 117 Å². The van der Waals surface area contributed by atoms with Gasteiger partial charge in [0.05, 0.1) is 24.7 Å². The molecule has 106 valence electrons. The summed E-state index contributed by atoms with van der Waals surface area (Å²) < 4.78 is 5.36. The van der Waals surface area contributed by atoms with Gasteiger partial charge in [0, 0.05) is 6.54 Å². The van der Waals surface area contributed by atoms with Crippen molar-refractivity contribution in [2.45, 2.75) is 18.9 Å². The molecule has 0 aliphatic carbocycles. The lowest BCUT2D eigenvalue weighted by Crippen LogP contribution is -2.43. The van der Waals surface area contributed by atoms with Crippen molar-refractivity contribution in [3.05, 3.63) is 29.3 Å². The van der Waals surface area contributed by atoms with Gasteiger partial charge in [0.2, 0.25) is 5.91 Å². The predicted molar refractivity (Wildman–Crippen MR) is 72.3 cm³/mol. The van der Waals surface area contributed by atoms with Gasteiger partial charge in [-0.3, -0.25) is 4.79 Å². The molecule has 0 bridgehead atoms. The minimum atomic E-state index is -1.31. The van der Waals surface area contributed by atoms with Gasteiger partial charge < -0.3 is 20.3 Å². The summed E-state index contributed by atoms with van der Waals surface area (Å²) >= 11 is 5.89. The van der Waals surface area contributed by atoms with Crippen LogP contribution in [0.1, 0.15) is 13.3 Å². The number of rotatable bonds is 7. The number of benzene rings is 1. The van der Waals surface area contributed by atoms with Crippen LogP contribution in [0.25, 0.3) is 0 Å². The van der Waals surface area contributed by atoms with Crippen LogP contribution in [0.15, 0.2) is 24.3 Å². The Bertz CT molecular complexity index is 423. The van der Waals surface area contributed by atoms with Crippen molar-refractivity contribution in [3.63, 3.8) is 0 Å². The molecule has 1 aromatic carbocycles. The Morgan fingerprint density at radius 3 is 2.79 bits per heavy atom. The Kier molecular flexibility index (Phi) is 6.08. The van der Waals surface area contributed by atoms with Crippen LogP contribution in [0.5, 0.6) is 5.75 Å². The fraction of sp³-hybridized carbons (Fsp3) is 0.462. The van der Waals surface area contributed by atoms with Crippen LogP contribution < -0.4 is 10.1 Å². The van der Waals surface area contributed by atoms with Gasteiger partial charge in [0.15, 0.2) is 0 Å². The van der Waals surface area contributed by atoms with E-state index in [0.717, 1.165) is 0 Å². The largest absolute Gasteiger partial charge is 0.491 e. The zero-order valence-corrected chi connectivity index (χ0v) is 11.5. The molecule has 0 saturated heterocycles. The van der Waals surface area contributed by atoms with Gasteiger partial charge in [-0.1, -0.05) is 23.7 Å². The predicted octanol–water partition coefficient (Wildman–Crippen LogP) is 0.968. The third kappa shape index (κ3) is 5.92. The van der Waals surface area contributed by atoms with Crippen LogP contribution in [-0.4, -0.2) is 41.5 Å². The summed E-state index contributed by atoms with van der Waals surface area (Å²) in [6, 6.07) is 7.00. The summed E-state index contributed by atoms with van der Waals surface area (Å²) in [6.07, 6.45) is 0.146. The number of aliphatic hydroxyl groups excluding tert-OH is 1. The molecule has 0 fully saturated rings. The molecule has 0 spiro atoms. The fourth-order valence-corrected chi connectivity index (χ4v) is 1.44. The molecule has 0 aliphatic heterocycles. The van der Waals surface area contributed by atoms with E-state index in [0.29, 0.717) is 10.8 Å². The second-order valence-electron chi connectivity index (χ2n) is 4.46. The molecular weight excluding hydrogens is 270 g/mol. The van der Waals surface area contributed by atoms with Crippen LogP contribution in [0.4, 0.5) is 0 Å². The highest BCUT2D eigenvalue weighted by atomic mass is 35.5. The van der Waals surface area contributed by atoms with Crippen molar-refractivity contribution in [2.75, 3.05) is 19.8 Å². The minimum absolute atomic E-state index is 0.00553. The number of halogens is 1. The monoisotopic (exact) mass is 287 g/mol. The van der Waals surface area contributed by atoms with Crippen LogP contribution >= 0.6 is 11.6 Å². The number of carbonyl (C=O) groups is 1. The maximum absolute atomic E-state index is 11.5. The van der Waals surface area contributed by atoms with E-state index in [1.165, 1.54) is 6.92 Å². The molecular formula is C13H18ClNO4. The average molecular weight is 288 g/mol. The highest BCUT2D eigenvalue weighted by Crippen LogP contribution is 2.22. The number of carbonyl (C=O) groups excluding carboxylic acids is 1. The van der Waals surface area contributed by atoms with E-state index in [9.17, 15) is 9.90 Å². The maximum atomic E-state index is 11.5. The lowest BCUT2D eigenvalue weighted by atomic mass is 10.1. The summed E-state index contributed by atoms with van der Waals surface area (Å²) in [6.45, 7) is 1.21. The third-order valence-corrected chi connectivity index (χ3v) is 2.74. The molecule has 0 aliphatic rings. The van der Waals surface area contributed by atoms with E-state index in [2.05, 4.69) is 5.32 Å². The standard InChI is InChI=1S/C13H18ClNO4/c1-13(18,9-16)8-15-12(17)6-7-19-11-5-3-2-4-10(11)14/h2-5,16,18H,6-9H2,1H3,(H,15,17). The first-order valence-electron chi connectivity index (χ1n) is 5.92. The Hall–Kier alpha value is -1.30. The van der Waals surface area contributed by atoms with Crippen LogP contribution in [-0.2, 0) is 4.79 Å². The summed E-state index contributed by atoms with van der Waals surface area (Å²) in [4.78, 5) is 11.5. The zero-order chi connectivity index (χ0) is 14.3. The van der Waals surface area contributed by atoms with E-state index in [1.807, 2.05) is 0 Å². The van der Waals surface area contributed by atoms with Gasteiger partial charge in [0.1, 0.15) is 11.4 Å². The number of hydrogen-bond donors (Lipinski definition) is 3. The lowest BCUT2D eigenvalue weighted by Gasteiger charge is -2.20. The lowest BCUT2D eigenvalue weighted by molar-refractivity contribution is -0.123. The molecule has 1 aromatic rings. The quantitative estimate of drug-likeness (QED) is 0.698. The van der Waals surface area contributed by atoms with Crippen molar-refractivity contribution >= 4 is 17.5 Å². The molecule has 5 nitrogen and oxygen atoms in total. The molecule has 0 heterocycles. The van der Waals surface area contributed by atoms with Crippen LogP contribution in [0.3, 0.4) is 0 Å². The molecule has 3 N–H and O–H groups in total. The van der Waals surface area contributed by atoms with Crippen molar-refractivity contribution < 1.29 is 19.7 Å². The number of amides is 1. The zero-order valence-electron chi connectivity index (χ0n) is 10.7. The van der Waals surface area contributed by atoms with Crippen molar-refractivity contribution in [1.29, 1.82) is 0 Å². The highest BCUT2D eigenvalue weighted by molar-refractivity contribution is 6.32. The van der Waals surface area contributed by atoms with Gasteiger partial charge >= 0.3 is 0 Å². The smallest absolute Gasteiger partial charge is 0.223 e.